The van der Waals surface area contributed by atoms with Crippen molar-refractivity contribution < 1.29 is 8.42 Å². The maximum atomic E-state index is 13.0. The minimum Gasteiger partial charge on any atom is -0.357 e. The highest BCUT2D eigenvalue weighted by atomic mass is 32.2. The fourth-order valence-corrected chi connectivity index (χ4v) is 5.41. The van der Waals surface area contributed by atoms with Crippen LogP contribution in [0.5, 0.6) is 0 Å². The van der Waals surface area contributed by atoms with Gasteiger partial charge in [-0.3, -0.25) is 4.72 Å². The number of nitrogens with one attached hydrogen (secondary N) is 2. The van der Waals surface area contributed by atoms with E-state index in [0.717, 1.165) is 41.3 Å². The molecule has 170 valence electrons. The predicted octanol–water partition coefficient (Wildman–Crippen LogP) is 5.10. The number of aromatic nitrogens is 2. The lowest BCUT2D eigenvalue weighted by Crippen LogP contribution is -2.23. The van der Waals surface area contributed by atoms with Gasteiger partial charge in [-0.1, -0.05) is 17.7 Å². The molecule has 0 aliphatic rings. The molecule has 0 aliphatic heterocycles. The van der Waals surface area contributed by atoms with Crippen LogP contribution in [-0.4, -0.2) is 31.5 Å². The molecule has 32 heavy (non-hydrogen) atoms. The summed E-state index contributed by atoms with van der Waals surface area (Å²) in [6.45, 7) is 13.4. The quantitative estimate of drug-likeness (QED) is 0.493. The lowest BCUT2D eigenvalue weighted by atomic mass is 10.1. The predicted molar refractivity (Wildman–Crippen MR) is 132 cm³/mol. The normalized spacial score (nSPS) is 11.3. The molecular formula is C24H31N5O2S. The van der Waals surface area contributed by atoms with E-state index in [9.17, 15) is 8.42 Å². The van der Waals surface area contributed by atoms with Crippen LogP contribution in [0.2, 0.25) is 0 Å². The van der Waals surface area contributed by atoms with Crippen molar-refractivity contribution in [1.82, 2.24) is 9.97 Å². The minimum atomic E-state index is -3.69. The minimum absolute atomic E-state index is 0.325. The average molecular weight is 454 g/mol. The number of hydrogen-bond acceptors (Lipinski definition) is 6. The van der Waals surface area contributed by atoms with Gasteiger partial charge in [-0.05, 0) is 76.9 Å². The zero-order valence-electron chi connectivity index (χ0n) is 19.5. The Labute approximate surface area is 191 Å². The van der Waals surface area contributed by atoms with Crippen LogP contribution in [0.25, 0.3) is 0 Å². The van der Waals surface area contributed by atoms with Crippen LogP contribution in [0.3, 0.4) is 0 Å². The van der Waals surface area contributed by atoms with Crippen LogP contribution >= 0.6 is 0 Å². The number of benzene rings is 2. The molecule has 0 aliphatic carbocycles. The van der Waals surface area contributed by atoms with Gasteiger partial charge in [0, 0.05) is 30.5 Å². The van der Waals surface area contributed by atoms with Crippen molar-refractivity contribution in [3.8, 4) is 0 Å². The molecule has 1 aromatic heterocycles. The van der Waals surface area contributed by atoms with Crippen molar-refractivity contribution in [2.24, 2.45) is 0 Å². The molecule has 8 heteroatoms. The van der Waals surface area contributed by atoms with E-state index in [0.29, 0.717) is 22.2 Å². The van der Waals surface area contributed by atoms with Gasteiger partial charge < -0.3 is 10.2 Å². The first-order chi connectivity index (χ1) is 15.1. The summed E-state index contributed by atoms with van der Waals surface area (Å²) in [7, 11) is -3.69. The second-order valence-corrected chi connectivity index (χ2v) is 9.49. The number of hydrogen-bond donors (Lipinski definition) is 2. The largest absolute Gasteiger partial charge is 0.357 e. The Bertz CT molecular complexity index is 1180. The van der Waals surface area contributed by atoms with Crippen LogP contribution < -0.4 is 14.9 Å². The van der Waals surface area contributed by atoms with E-state index < -0.39 is 10.0 Å². The zero-order valence-corrected chi connectivity index (χ0v) is 20.3. The molecule has 0 amide bonds. The van der Waals surface area contributed by atoms with E-state index >= 15 is 0 Å². The Morgan fingerprint density at radius 2 is 1.41 bits per heavy atom. The highest BCUT2D eigenvalue weighted by Crippen LogP contribution is 2.26. The van der Waals surface area contributed by atoms with E-state index in [-0.39, 0.29) is 0 Å². The van der Waals surface area contributed by atoms with Gasteiger partial charge in [-0.15, -0.1) is 0 Å². The van der Waals surface area contributed by atoms with Gasteiger partial charge in [0.2, 0.25) is 0 Å². The Balaban J connectivity index is 1.79. The molecule has 0 bridgehead atoms. The Morgan fingerprint density at radius 1 is 0.844 bits per heavy atom. The van der Waals surface area contributed by atoms with Crippen molar-refractivity contribution in [3.05, 3.63) is 65.0 Å². The fourth-order valence-electron chi connectivity index (χ4n) is 3.89. The lowest BCUT2D eigenvalue weighted by Gasteiger charge is -2.20. The summed E-state index contributed by atoms with van der Waals surface area (Å²) in [5, 5.41) is 3.28. The molecular weight excluding hydrogens is 422 g/mol. The lowest BCUT2D eigenvalue weighted by molar-refractivity contribution is 0.600. The van der Waals surface area contributed by atoms with E-state index in [1.165, 1.54) is 0 Å². The Hall–Kier alpha value is -3.13. The maximum absolute atomic E-state index is 13.0. The molecule has 0 radical (unpaired) electrons. The number of sulfonamides is 1. The van der Waals surface area contributed by atoms with Gasteiger partial charge in [-0.25, -0.2) is 18.4 Å². The first-order valence-electron chi connectivity index (χ1n) is 10.7. The summed E-state index contributed by atoms with van der Waals surface area (Å²) in [6.07, 6.45) is 0. The molecule has 7 nitrogen and oxygen atoms in total. The smallest absolute Gasteiger partial charge is 0.262 e. The second kappa shape index (κ2) is 9.56. The Morgan fingerprint density at radius 3 is 1.97 bits per heavy atom. The van der Waals surface area contributed by atoms with Gasteiger partial charge >= 0.3 is 0 Å². The highest BCUT2D eigenvalue weighted by Gasteiger charge is 2.20. The summed E-state index contributed by atoms with van der Waals surface area (Å²) in [5.74, 6) is 2.25. The van der Waals surface area contributed by atoms with Crippen LogP contribution in [0, 0.1) is 27.7 Å². The molecule has 0 fully saturated rings. The molecule has 3 aromatic rings. The van der Waals surface area contributed by atoms with E-state index in [1.807, 2.05) is 58.0 Å². The molecule has 2 aromatic carbocycles. The number of aryl methyl sites for hydroxylation is 4. The molecule has 0 saturated carbocycles. The van der Waals surface area contributed by atoms with Crippen molar-refractivity contribution >= 4 is 33.0 Å². The zero-order chi connectivity index (χ0) is 23.5. The van der Waals surface area contributed by atoms with Gasteiger partial charge in [0.15, 0.2) is 0 Å². The van der Waals surface area contributed by atoms with Crippen molar-refractivity contribution in [1.29, 1.82) is 0 Å². The number of nitrogens with zero attached hydrogens (tertiary/aromatic N) is 3. The first-order valence-corrected chi connectivity index (χ1v) is 12.2. The molecule has 1 heterocycles. The summed E-state index contributed by atoms with van der Waals surface area (Å²) in [5.41, 5.74) is 3.81. The van der Waals surface area contributed by atoms with Gasteiger partial charge in [0.05, 0.1) is 4.90 Å². The topological polar surface area (TPSA) is 87.2 Å². The van der Waals surface area contributed by atoms with Crippen LogP contribution in [0.15, 0.2) is 47.4 Å². The fraction of sp³-hybridized carbons (Fsp3) is 0.333. The van der Waals surface area contributed by atoms with Crippen LogP contribution in [0.1, 0.15) is 36.4 Å². The standard InChI is InChI=1S/C24H31N5O2S/c1-7-29(8-2)23-15-22(25-19(6)26-23)27-20-9-11-21(12-10-20)28-32(30,31)24-17(4)13-16(3)14-18(24)5/h9-15,28H,7-8H2,1-6H3,(H,25,26,27). The molecule has 0 atom stereocenters. The van der Waals surface area contributed by atoms with Crippen molar-refractivity contribution in [2.45, 2.75) is 46.4 Å². The summed E-state index contributed by atoms with van der Waals surface area (Å²) < 4.78 is 28.6. The van der Waals surface area contributed by atoms with E-state index in [4.69, 9.17) is 0 Å². The van der Waals surface area contributed by atoms with Crippen LogP contribution in [0.4, 0.5) is 23.0 Å². The maximum Gasteiger partial charge on any atom is 0.262 e. The molecule has 0 saturated heterocycles. The third-order valence-electron chi connectivity index (χ3n) is 5.19. The third-order valence-corrected chi connectivity index (χ3v) is 6.88. The van der Waals surface area contributed by atoms with Gasteiger partial charge in [-0.2, -0.15) is 0 Å². The SMILES string of the molecule is CCN(CC)c1cc(Nc2ccc(NS(=O)(=O)c3c(C)cc(C)cc3C)cc2)nc(C)n1. The average Bonchev–Trinajstić information content (AvgIpc) is 2.69. The van der Waals surface area contributed by atoms with Gasteiger partial charge in [0.25, 0.3) is 10.0 Å². The highest BCUT2D eigenvalue weighted by molar-refractivity contribution is 7.92. The van der Waals surface area contributed by atoms with E-state index in [2.05, 4.69) is 38.8 Å². The first kappa shape index (κ1) is 23.5. The third kappa shape index (κ3) is 5.37. The molecule has 2 N–H and O–H groups in total. The summed E-state index contributed by atoms with van der Waals surface area (Å²) in [6, 6.07) is 12.8. The molecule has 0 unspecified atom stereocenters. The molecule has 0 spiro atoms. The van der Waals surface area contributed by atoms with Crippen molar-refractivity contribution in [2.75, 3.05) is 28.0 Å². The van der Waals surface area contributed by atoms with Crippen molar-refractivity contribution in [3.63, 3.8) is 0 Å². The second-order valence-electron chi connectivity index (χ2n) is 7.87. The molecule has 3 rings (SSSR count). The van der Waals surface area contributed by atoms with Crippen LogP contribution in [-0.2, 0) is 10.0 Å². The number of rotatable bonds is 8. The Kier molecular flexibility index (Phi) is 7.03. The van der Waals surface area contributed by atoms with Gasteiger partial charge in [0.1, 0.15) is 17.5 Å². The summed E-state index contributed by atoms with van der Waals surface area (Å²) >= 11 is 0. The summed E-state index contributed by atoms with van der Waals surface area (Å²) in [4.78, 5) is 11.5. The monoisotopic (exact) mass is 453 g/mol. The number of anilines is 4. The van der Waals surface area contributed by atoms with E-state index in [1.54, 1.807) is 12.1 Å².